The van der Waals surface area contributed by atoms with Gasteiger partial charge in [0.25, 0.3) is 7.82 Å². The summed E-state index contributed by atoms with van der Waals surface area (Å²) >= 11 is 3.05. The van der Waals surface area contributed by atoms with Crippen LogP contribution < -0.4 is 84.1 Å². The molecule has 30 heteroatoms. The zero-order chi connectivity index (χ0) is 50.9. The van der Waals surface area contributed by atoms with Gasteiger partial charge in [-0.1, -0.05) is 0 Å². The van der Waals surface area contributed by atoms with E-state index < -0.39 is 58.0 Å². The Morgan fingerprint density at radius 3 is 1.35 bits per heavy atom. The van der Waals surface area contributed by atoms with Crippen molar-refractivity contribution in [1.29, 1.82) is 0 Å². The molecule has 0 saturated heterocycles. The third kappa shape index (κ3) is 14.5. The number of rotatable bonds is 16. The van der Waals surface area contributed by atoms with Crippen LogP contribution in [0.5, 0.6) is 11.5 Å². The minimum Gasteiger partial charge on any atom is -0.756 e. The van der Waals surface area contributed by atoms with E-state index in [1.54, 1.807) is 52.6 Å². The molecule has 0 bridgehead atoms. The number of ether oxygens (including phenoxy) is 2. The van der Waals surface area contributed by atoms with Crippen molar-refractivity contribution >= 4 is 123 Å². The molecule has 1 unspecified atom stereocenters. The minimum absolute atomic E-state index is 0. The summed E-state index contributed by atoms with van der Waals surface area (Å²) in [7, 11) is -17.4. The molecule has 4 aromatic heterocycles. The second-order valence-corrected chi connectivity index (χ2v) is 26.5. The van der Waals surface area contributed by atoms with Gasteiger partial charge in [0.1, 0.15) is 58.8 Å². The summed E-state index contributed by atoms with van der Waals surface area (Å²) in [6, 6.07) is 17.1. The van der Waals surface area contributed by atoms with Crippen molar-refractivity contribution in [2.45, 2.75) is 60.8 Å². The molecule has 4 aromatic carbocycles. The van der Waals surface area contributed by atoms with E-state index in [2.05, 4.69) is 49.6 Å². The number of thiazole rings is 2. The van der Waals surface area contributed by atoms with Crippen LogP contribution >= 0.6 is 38.3 Å². The quantitative estimate of drug-likeness (QED) is 0.0519. The van der Waals surface area contributed by atoms with Gasteiger partial charge in [0.2, 0.25) is 0 Å². The van der Waals surface area contributed by atoms with E-state index in [1.807, 2.05) is 36.4 Å². The fraction of sp³-hybridized carbons (Fsp3) is 0.286. The van der Waals surface area contributed by atoms with E-state index in [0.717, 1.165) is 26.1 Å². The van der Waals surface area contributed by atoms with Gasteiger partial charge in [0.15, 0.2) is 19.7 Å². The molecule has 0 spiro atoms. The first-order valence-corrected chi connectivity index (χ1v) is 28.4. The number of phosphoric acid groups is 2. The first-order chi connectivity index (χ1) is 32.7. The summed E-state index contributed by atoms with van der Waals surface area (Å²) in [5, 5.41) is 7.30. The second kappa shape index (κ2) is 23.7. The van der Waals surface area contributed by atoms with Gasteiger partial charge in [-0.05, 0) is 90.1 Å². The van der Waals surface area contributed by atoms with Gasteiger partial charge in [-0.15, -0.1) is 22.7 Å². The summed E-state index contributed by atoms with van der Waals surface area (Å²) in [5.74, 6) is 0.752. The number of fused-ring (bicyclic) bond motifs is 4. The van der Waals surface area contributed by atoms with Crippen LogP contribution in [0.1, 0.15) is 41.5 Å². The third-order valence-corrected chi connectivity index (χ3v) is 17.6. The number of hydrogen-bond donors (Lipinski definition) is 5. The molecule has 4 heterocycles. The molecule has 8 rings (SSSR count). The molecule has 0 aliphatic rings. The van der Waals surface area contributed by atoms with E-state index in [9.17, 15) is 30.9 Å². The Bertz CT molecular complexity index is 3340. The van der Waals surface area contributed by atoms with Crippen LogP contribution in [0.3, 0.4) is 0 Å². The predicted molar refractivity (Wildman–Crippen MR) is 264 cm³/mol. The fourth-order valence-electron chi connectivity index (χ4n) is 6.39. The Morgan fingerprint density at radius 2 is 0.972 bits per heavy atom. The van der Waals surface area contributed by atoms with E-state index >= 15 is 0 Å². The van der Waals surface area contributed by atoms with Crippen molar-refractivity contribution in [3.63, 3.8) is 0 Å². The zero-order valence-corrected chi connectivity index (χ0v) is 49.0. The average molecular weight is 1120 g/mol. The molecule has 0 radical (unpaired) electrons. The number of phosphoric ester groups is 2. The number of nitrogens with one attached hydrogen (secondary N) is 2. The molecule has 5 N–H and O–H groups in total. The first-order valence-electron chi connectivity index (χ1n) is 20.6. The van der Waals surface area contributed by atoms with Crippen molar-refractivity contribution in [1.82, 2.24) is 29.9 Å². The van der Waals surface area contributed by atoms with E-state index in [-0.39, 0.29) is 93.6 Å². The van der Waals surface area contributed by atoms with E-state index in [0.29, 0.717) is 39.1 Å². The number of anilines is 4. The topological polar surface area (TPSA) is 324 Å². The van der Waals surface area contributed by atoms with E-state index in [1.165, 1.54) is 59.6 Å². The number of benzene rings is 4. The maximum absolute atomic E-state index is 13.4. The van der Waals surface area contributed by atoms with Crippen LogP contribution in [0.15, 0.2) is 94.1 Å². The Morgan fingerprint density at radius 1 is 0.569 bits per heavy atom. The number of sulfone groups is 2. The van der Waals surface area contributed by atoms with Crippen molar-refractivity contribution in [3.8, 4) is 11.5 Å². The van der Waals surface area contributed by atoms with Crippen LogP contribution in [-0.4, -0.2) is 97.3 Å². The Balaban J connectivity index is 0.000000260. The molecule has 8 aromatic rings. The fourth-order valence-corrected chi connectivity index (χ4v) is 11.0. The van der Waals surface area contributed by atoms with Gasteiger partial charge in [0.05, 0.1) is 65.2 Å². The SMILES string of the molecule is CC(C)(C)S(=O)(=O)c1cc2c(Nc3ccc4scnc4c3)ncnc2cc1OCCOP(=O)(O)O.CC(C)(C)S(=O)(=O)c1cc2c(Nc3ccc4scnc4c3)ncnc2cc1OCCOP(=O)([O-])O.[Na+].[Na+]. The van der Waals surface area contributed by atoms with Crippen LogP contribution in [0.4, 0.5) is 23.0 Å². The maximum Gasteiger partial charge on any atom is 1.00 e. The molecule has 1 atom stereocenters. The first kappa shape index (κ1) is 59.5. The van der Waals surface area contributed by atoms with Gasteiger partial charge in [-0.2, -0.15) is 0 Å². The minimum atomic E-state index is -4.93. The summed E-state index contributed by atoms with van der Waals surface area (Å²) in [6.07, 6.45) is 2.67. The molecular formula is C42H45N8Na2O14P2S4+. The van der Waals surface area contributed by atoms with Gasteiger partial charge in [0, 0.05) is 34.3 Å². The van der Waals surface area contributed by atoms with Crippen molar-refractivity contribution < 1.29 is 123 Å². The van der Waals surface area contributed by atoms with Crippen LogP contribution in [0.25, 0.3) is 42.2 Å². The summed E-state index contributed by atoms with van der Waals surface area (Å²) in [6.45, 7) is 7.83. The molecule has 22 nitrogen and oxygen atoms in total. The summed E-state index contributed by atoms with van der Waals surface area (Å²) < 4.78 is 94.8. The van der Waals surface area contributed by atoms with Crippen molar-refractivity contribution in [3.05, 3.63) is 84.3 Å². The molecule has 72 heavy (non-hydrogen) atoms. The molecule has 0 fully saturated rings. The molecule has 0 saturated carbocycles. The van der Waals surface area contributed by atoms with Crippen LogP contribution in [0, 0.1) is 0 Å². The standard InChI is InChI=1S/2C21H23N4O7PS2.2Na/c2*1-21(2,3)35(29,30)19-9-14-15(10-17(19)31-6-7-32-33(26,27)28)22-11-23-20(14)25-13-4-5-18-16(8-13)24-12-34-18;;/h2*4-5,8-12H,6-7H2,1-3H3,(H,22,23,25)(H2,26,27,28);;/q;;2*+1/p-1. The molecule has 0 aliphatic carbocycles. The van der Waals surface area contributed by atoms with E-state index in [4.69, 9.17) is 24.2 Å². The Labute approximate surface area is 465 Å². The Kier molecular flexibility index (Phi) is 19.6. The monoisotopic (exact) mass is 1120 g/mol. The molecule has 0 aliphatic heterocycles. The zero-order valence-electron chi connectivity index (χ0n) is 40.0. The average Bonchev–Trinajstić information content (AvgIpc) is 3.95. The van der Waals surface area contributed by atoms with Crippen LogP contribution in [-0.2, 0) is 37.9 Å². The molecule has 0 amide bonds. The number of nitrogens with zero attached hydrogens (tertiary/aromatic N) is 6. The van der Waals surface area contributed by atoms with Crippen LogP contribution in [0.2, 0.25) is 0 Å². The summed E-state index contributed by atoms with van der Waals surface area (Å²) in [4.78, 5) is 62.7. The molecular weight excluding hydrogens is 1080 g/mol. The van der Waals surface area contributed by atoms with Crippen molar-refractivity contribution in [2.24, 2.45) is 0 Å². The normalized spacial score (nSPS) is 13.1. The summed E-state index contributed by atoms with van der Waals surface area (Å²) in [5.41, 5.74) is 7.39. The largest absolute Gasteiger partial charge is 1.00 e. The third-order valence-electron chi connectivity index (χ3n) is 9.98. The van der Waals surface area contributed by atoms with Gasteiger partial charge in [-0.3, -0.25) is 9.09 Å². The van der Waals surface area contributed by atoms with Crippen molar-refractivity contribution in [2.75, 3.05) is 37.1 Å². The molecule has 372 valence electrons. The number of aromatic nitrogens is 6. The predicted octanol–water partition coefficient (Wildman–Crippen LogP) is 1.46. The van der Waals surface area contributed by atoms with Gasteiger partial charge >= 0.3 is 66.9 Å². The second-order valence-electron chi connectivity index (χ2n) is 17.0. The Hall–Kier alpha value is -3.34. The van der Waals surface area contributed by atoms with Gasteiger partial charge in [-0.25, -0.2) is 51.3 Å². The maximum atomic E-state index is 13.4. The smallest absolute Gasteiger partial charge is 0.756 e. The number of hydrogen-bond acceptors (Lipinski definition) is 21. The van der Waals surface area contributed by atoms with Gasteiger partial charge < -0.3 is 44.2 Å².